The number of hydrogen-bond acceptors (Lipinski definition) is 7. The molecule has 0 fully saturated rings. The number of imidazole rings is 1. The molecule has 7 nitrogen and oxygen atoms in total. The molecule has 0 radical (unpaired) electrons. The highest BCUT2D eigenvalue weighted by Crippen LogP contribution is 2.39. The first-order chi connectivity index (χ1) is 12.3. The summed E-state index contributed by atoms with van der Waals surface area (Å²) in [5.74, 6) is 1.01. The molecule has 1 aliphatic rings. The van der Waals surface area contributed by atoms with Crippen molar-refractivity contribution in [1.29, 1.82) is 0 Å². The molecule has 0 saturated heterocycles. The van der Waals surface area contributed by atoms with Gasteiger partial charge in [-0.25, -0.2) is 19.9 Å². The van der Waals surface area contributed by atoms with Crippen molar-refractivity contribution in [1.82, 2.24) is 24.9 Å². The van der Waals surface area contributed by atoms with Gasteiger partial charge in [-0.1, -0.05) is 11.8 Å². The zero-order valence-corrected chi connectivity index (χ0v) is 14.0. The van der Waals surface area contributed by atoms with Crippen molar-refractivity contribution in [3.8, 4) is 11.5 Å². The fourth-order valence-electron chi connectivity index (χ4n) is 3.19. The molecule has 8 heteroatoms. The summed E-state index contributed by atoms with van der Waals surface area (Å²) in [4.78, 5) is 21.2. The summed E-state index contributed by atoms with van der Waals surface area (Å²) >= 11 is 1.52. The molecule has 1 aliphatic carbocycles. The maximum atomic E-state index is 5.89. The maximum Gasteiger partial charge on any atom is 0.227 e. The lowest BCUT2D eigenvalue weighted by Crippen LogP contribution is -1.91. The van der Waals surface area contributed by atoms with Gasteiger partial charge in [0, 0.05) is 4.90 Å². The minimum Gasteiger partial charge on any atom is -0.444 e. The Morgan fingerprint density at radius 3 is 2.80 bits per heavy atom. The van der Waals surface area contributed by atoms with Gasteiger partial charge in [-0.15, -0.1) is 0 Å². The van der Waals surface area contributed by atoms with Crippen LogP contribution in [0.1, 0.15) is 17.5 Å². The maximum absolute atomic E-state index is 5.89. The fourth-order valence-corrected chi connectivity index (χ4v) is 4.14. The van der Waals surface area contributed by atoms with Crippen molar-refractivity contribution >= 4 is 28.7 Å². The molecular formula is C17H14N6OS. The van der Waals surface area contributed by atoms with Gasteiger partial charge in [0.05, 0.1) is 11.8 Å². The Bertz CT molecular complexity index is 1070. The summed E-state index contributed by atoms with van der Waals surface area (Å²) in [6.07, 6.45) is 8.06. The lowest BCUT2D eigenvalue weighted by molar-refractivity contribution is 0.573. The summed E-state index contributed by atoms with van der Waals surface area (Å²) in [7, 11) is 0. The third-order valence-electron chi connectivity index (χ3n) is 4.36. The number of benzene rings is 1. The van der Waals surface area contributed by atoms with E-state index in [1.807, 2.05) is 0 Å². The van der Waals surface area contributed by atoms with Crippen molar-refractivity contribution in [3.63, 3.8) is 0 Å². The number of nitrogens with one attached hydrogen (secondary N) is 1. The Kier molecular flexibility index (Phi) is 3.24. The minimum absolute atomic E-state index is 0.395. The first kappa shape index (κ1) is 14.5. The average molecular weight is 350 g/mol. The van der Waals surface area contributed by atoms with Crippen molar-refractivity contribution in [2.75, 3.05) is 5.73 Å². The van der Waals surface area contributed by atoms with Gasteiger partial charge in [0.1, 0.15) is 18.1 Å². The number of rotatable bonds is 3. The molecule has 0 aliphatic heterocycles. The van der Waals surface area contributed by atoms with E-state index in [9.17, 15) is 0 Å². The average Bonchev–Trinajstić information content (AvgIpc) is 3.34. The van der Waals surface area contributed by atoms with Crippen molar-refractivity contribution in [2.24, 2.45) is 0 Å². The normalized spacial score (nSPS) is 13.4. The Hall–Kier alpha value is -2.87. The van der Waals surface area contributed by atoms with Gasteiger partial charge in [-0.2, -0.15) is 0 Å². The number of H-pyrrole nitrogens is 1. The van der Waals surface area contributed by atoms with Crippen LogP contribution >= 0.6 is 11.8 Å². The molecule has 0 atom stereocenters. The Morgan fingerprint density at radius 2 is 2.00 bits per heavy atom. The number of anilines is 1. The molecule has 0 bridgehead atoms. The van der Waals surface area contributed by atoms with Crippen LogP contribution in [-0.4, -0.2) is 24.9 Å². The fraction of sp³-hybridized carbons (Fsp3) is 0.176. The monoisotopic (exact) mass is 350 g/mol. The zero-order chi connectivity index (χ0) is 16.8. The van der Waals surface area contributed by atoms with E-state index in [1.165, 1.54) is 35.6 Å². The van der Waals surface area contributed by atoms with Gasteiger partial charge in [-0.3, -0.25) is 0 Å². The number of aryl methyl sites for hydroxylation is 2. The van der Waals surface area contributed by atoms with Crippen molar-refractivity contribution in [2.45, 2.75) is 29.3 Å². The molecule has 3 heterocycles. The van der Waals surface area contributed by atoms with Crippen LogP contribution in [0.15, 0.2) is 45.4 Å². The quantitative estimate of drug-likeness (QED) is 0.584. The third kappa shape index (κ3) is 2.45. The molecule has 3 aromatic heterocycles. The molecule has 0 spiro atoms. The number of nitrogen functional groups attached to an aromatic ring is 1. The summed E-state index contributed by atoms with van der Waals surface area (Å²) < 4.78 is 5.54. The van der Waals surface area contributed by atoms with Crippen LogP contribution in [0, 0.1) is 0 Å². The number of oxazole rings is 1. The summed E-state index contributed by atoms with van der Waals surface area (Å²) in [5, 5.41) is 0.716. The topological polar surface area (TPSA) is 107 Å². The first-order valence-corrected chi connectivity index (χ1v) is 8.79. The van der Waals surface area contributed by atoms with Gasteiger partial charge >= 0.3 is 0 Å². The number of hydrogen-bond donors (Lipinski definition) is 2. The highest BCUT2D eigenvalue weighted by atomic mass is 32.2. The van der Waals surface area contributed by atoms with Crippen molar-refractivity contribution < 1.29 is 4.42 Å². The van der Waals surface area contributed by atoms with Crippen LogP contribution in [0.4, 0.5) is 5.82 Å². The predicted octanol–water partition coefficient (Wildman–Crippen LogP) is 3.23. The molecular weight excluding hydrogens is 336 g/mol. The lowest BCUT2D eigenvalue weighted by Gasteiger charge is -2.09. The highest BCUT2D eigenvalue weighted by Gasteiger charge is 2.19. The van der Waals surface area contributed by atoms with Gasteiger partial charge in [0.15, 0.2) is 16.6 Å². The van der Waals surface area contributed by atoms with Gasteiger partial charge < -0.3 is 15.1 Å². The van der Waals surface area contributed by atoms with Crippen LogP contribution in [0.3, 0.4) is 0 Å². The Morgan fingerprint density at radius 1 is 1.12 bits per heavy atom. The van der Waals surface area contributed by atoms with Gasteiger partial charge in [0.25, 0.3) is 0 Å². The molecule has 1 aromatic carbocycles. The van der Waals surface area contributed by atoms with E-state index in [-0.39, 0.29) is 0 Å². The highest BCUT2D eigenvalue weighted by molar-refractivity contribution is 7.99. The second-order valence-corrected chi connectivity index (χ2v) is 6.94. The third-order valence-corrected chi connectivity index (χ3v) is 5.30. The van der Waals surface area contributed by atoms with E-state index in [0.717, 1.165) is 23.3 Å². The van der Waals surface area contributed by atoms with Gasteiger partial charge in [0.2, 0.25) is 5.89 Å². The number of aromatic amines is 1. The molecule has 25 heavy (non-hydrogen) atoms. The lowest BCUT2D eigenvalue weighted by atomic mass is 10.1. The van der Waals surface area contributed by atoms with Crippen LogP contribution in [-0.2, 0) is 12.8 Å². The predicted molar refractivity (Wildman–Crippen MR) is 94.2 cm³/mol. The van der Waals surface area contributed by atoms with E-state index >= 15 is 0 Å². The van der Waals surface area contributed by atoms with Crippen LogP contribution < -0.4 is 5.73 Å². The molecule has 5 rings (SSSR count). The molecule has 124 valence electrons. The number of fused-ring (bicyclic) bond motifs is 2. The van der Waals surface area contributed by atoms with E-state index in [2.05, 4.69) is 37.1 Å². The van der Waals surface area contributed by atoms with Crippen molar-refractivity contribution in [3.05, 3.63) is 42.0 Å². The summed E-state index contributed by atoms with van der Waals surface area (Å²) in [6.45, 7) is 0. The molecule has 3 N–H and O–H groups in total. The van der Waals surface area contributed by atoms with E-state index in [0.29, 0.717) is 28.0 Å². The standard InChI is InChI=1S/C17H14N6OS/c18-14-13-15(21-8-20-14)23-17(22-13)25-12-7-10-3-1-2-9(10)6-11(12)16-19-4-5-24-16/h4-8H,1-3H2,(H3,18,20,21,22,23). The van der Waals surface area contributed by atoms with E-state index < -0.39 is 0 Å². The number of nitrogens with zero attached hydrogens (tertiary/aromatic N) is 4. The number of nitrogens with two attached hydrogens (primary N) is 1. The second-order valence-electron chi connectivity index (χ2n) is 5.91. The Balaban J connectivity index is 1.61. The Labute approximate surface area is 147 Å². The second kappa shape index (κ2) is 5.59. The van der Waals surface area contributed by atoms with Crippen LogP contribution in [0.5, 0.6) is 0 Å². The molecule has 4 aromatic rings. The smallest absolute Gasteiger partial charge is 0.227 e. The summed E-state index contributed by atoms with van der Waals surface area (Å²) in [5.41, 5.74) is 10.8. The van der Waals surface area contributed by atoms with Gasteiger partial charge in [-0.05, 0) is 42.5 Å². The zero-order valence-electron chi connectivity index (χ0n) is 13.2. The minimum atomic E-state index is 0.395. The van der Waals surface area contributed by atoms with E-state index in [1.54, 1.807) is 12.5 Å². The summed E-state index contributed by atoms with van der Waals surface area (Å²) in [6, 6.07) is 4.40. The largest absolute Gasteiger partial charge is 0.444 e. The molecule has 0 amide bonds. The van der Waals surface area contributed by atoms with Crippen LogP contribution in [0.2, 0.25) is 0 Å². The van der Waals surface area contributed by atoms with Crippen LogP contribution in [0.25, 0.3) is 22.6 Å². The SMILES string of the molecule is Nc1ncnc2nc(Sc3cc4c(cc3-c3ncco3)CCC4)[nH]c12. The van der Waals surface area contributed by atoms with E-state index in [4.69, 9.17) is 10.2 Å². The molecule has 0 saturated carbocycles. The number of aromatic nitrogens is 5. The molecule has 0 unspecified atom stereocenters. The first-order valence-electron chi connectivity index (χ1n) is 7.97.